The first-order valence-corrected chi connectivity index (χ1v) is 9.67. The standard InChI is InChI=1S/C23H19N5O2/c1-23(2)20-19(8-5-9-25-20)28(22(23)30)15-10-14(12-24-13-15)11-18-16-6-3-4-7-17(16)21(29)27-26-18/h3-10,12-13H,11H2,1-2H3,(H,27,29). The number of anilines is 2. The van der Waals surface area contributed by atoms with Crippen LogP contribution in [0, 0.1) is 0 Å². The highest BCUT2D eigenvalue weighted by atomic mass is 16.2. The molecule has 0 saturated carbocycles. The summed E-state index contributed by atoms with van der Waals surface area (Å²) in [4.78, 5) is 35.7. The fourth-order valence-corrected chi connectivity index (χ4v) is 4.00. The predicted molar refractivity (Wildman–Crippen MR) is 114 cm³/mol. The molecule has 0 bridgehead atoms. The molecule has 3 aromatic heterocycles. The third-order valence-electron chi connectivity index (χ3n) is 5.54. The lowest BCUT2D eigenvalue weighted by Crippen LogP contribution is -2.33. The summed E-state index contributed by atoms with van der Waals surface area (Å²) in [6.07, 6.45) is 5.61. The Morgan fingerprint density at radius 3 is 2.67 bits per heavy atom. The van der Waals surface area contributed by atoms with Gasteiger partial charge in [-0.15, -0.1) is 0 Å². The van der Waals surface area contributed by atoms with Gasteiger partial charge in [-0.25, -0.2) is 5.10 Å². The van der Waals surface area contributed by atoms with Crippen LogP contribution in [0.1, 0.15) is 30.8 Å². The molecule has 4 aromatic rings. The summed E-state index contributed by atoms with van der Waals surface area (Å²) in [6, 6.07) is 13.0. The minimum Gasteiger partial charge on any atom is -0.277 e. The largest absolute Gasteiger partial charge is 0.277 e. The summed E-state index contributed by atoms with van der Waals surface area (Å²) in [5, 5.41) is 8.22. The van der Waals surface area contributed by atoms with Gasteiger partial charge in [0, 0.05) is 24.2 Å². The summed E-state index contributed by atoms with van der Waals surface area (Å²) >= 11 is 0. The van der Waals surface area contributed by atoms with Gasteiger partial charge in [0.25, 0.3) is 5.56 Å². The van der Waals surface area contributed by atoms with Crippen LogP contribution < -0.4 is 10.5 Å². The number of rotatable bonds is 3. The molecule has 4 heterocycles. The van der Waals surface area contributed by atoms with Crippen molar-refractivity contribution in [2.24, 2.45) is 0 Å². The molecule has 1 aliphatic rings. The fourth-order valence-electron chi connectivity index (χ4n) is 4.00. The Labute approximate surface area is 172 Å². The van der Waals surface area contributed by atoms with Crippen LogP contribution in [0.4, 0.5) is 11.4 Å². The van der Waals surface area contributed by atoms with E-state index in [4.69, 9.17) is 0 Å². The van der Waals surface area contributed by atoms with Gasteiger partial charge in [0.2, 0.25) is 5.91 Å². The second kappa shape index (κ2) is 6.59. The van der Waals surface area contributed by atoms with Crippen LogP contribution in [-0.4, -0.2) is 26.1 Å². The van der Waals surface area contributed by atoms with E-state index in [-0.39, 0.29) is 11.5 Å². The van der Waals surface area contributed by atoms with Gasteiger partial charge < -0.3 is 0 Å². The Morgan fingerprint density at radius 1 is 1.03 bits per heavy atom. The molecule has 0 fully saturated rings. The molecule has 1 aliphatic heterocycles. The molecule has 0 aliphatic carbocycles. The van der Waals surface area contributed by atoms with Crippen LogP contribution in [0.3, 0.4) is 0 Å². The van der Waals surface area contributed by atoms with Gasteiger partial charge in [-0.1, -0.05) is 18.2 Å². The molecule has 0 atom stereocenters. The Hall–Kier alpha value is -3.87. The molecule has 7 nitrogen and oxygen atoms in total. The Bertz CT molecular complexity index is 1360. The van der Waals surface area contributed by atoms with E-state index in [2.05, 4.69) is 20.2 Å². The zero-order chi connectivity index (χ0) is 20.9. The van der Waals surface area contributed by atoms with E-state index >= 15 is 0 Å². The zero-order valence-electron chi connectivity index (χ0n) is 16.6. The lowest BCUT2D eigenvalue weighted by Gasteiger charge is -2.20. The van der Waals surface area contributed by atoms with Gasteiger partial charge in [-0.2, -0.15) is 5.10 Å². The van der Waals surface area contributed by atoms with Crippen molar-refractivity contribution in [3.8, 4) is 0 Å². The maximum Gasteiger partial charge on any atom is 0.272 e. The monoisotopic (exact) mass is 397 g/mol. The van der Waals surface area contributed by atoms with Crippen molar-refractivity contribution >= 4 is 28.1 Å². The predicted octanol–water partition coefficient (Wildman–Crippen LogP) is 3.26. The maximum atomic E-state index is 13.2. The van der Waals surface area contributed by atoms with Crippen LogP contribution in [0.25, 0.3) is 10.8 Å². The van der Waals surface area contributed by atoms with Crippen molar-refractivity contribution in [1.82, 2.24) is 20.2 Å². The van der Waals surface area contributed by atoms with Gasteiger partial charge in [-0.05, 0) is 43.7 Å². The molecule has 0 unspecified atom stereocenters. The first-order valence-electron chi connectivity index (χ1n) is 9.67. The Balaban J connectivity index is 1.56. The number of H-pyrrole nitrogens is 1. The number of pyridine rings is 2. The maximum absolute atomic E-state index is 13.2. The fraction of sp³-hybridized carbons (Fsp3) is 0.174. The zero-order valence-corrected chi connectivity index (χ0v) is 16.6. The molecular weight excluding hydrogens is 378 g/mol. The summed E-state index contributed by atoms with van der Waals surface area (Å²) in [5.41, 5.74) is 2.94. The molecule has 1 N–H and O–H groups in total. The second-order valence-electron chi connectivity index (χ2n) is 7.91. The van der Waals surface area contributed by atoms with E-state index in [9.17, 15) is 9.59 Å². The molecule has 7 heteroatoms. The minimum absolute atomic E-state index is 0.0391. The molecule has 1 aromatic carbocycles. The van der Waals surface area contributed by atoms with Gasteiger partial charge >= 0.3 is 0 Å². The van der Waals surface area contributed by atoms with Gasteiger partial charge in [0.15, 0.2) is 0 Å². The molecule has 0 spiro atoms. The third kappa shape index (κ3) is 2.70. The molecule has 0 radical (unpaired) electrons. The number of carbonyl (C=O) groups is 1. The normalized spacial score (nSPS) is 14.9. The average molecular weight is 397 g/mol. The highest BCUT2D eigenvalue weighted by Crippen LogP contribution is 2.43. The molecule has 148 valence electrons. The first kappa shape index (κ1) is 18.2. The van der Waals surface area contributed by atoms with Crippen LogP contribution >= 0.6 is 0 Å². The topological polar surface area (TPSA) is 91.8 Å². The molecule has 5 rings (SSSR count). The Kier molecular flexibility index (Phi) is 3.99. The number of hydrogen-bond donors (Lipinski definition) is 1. The SMILES string of the molecule is CC1(C)C(=O)N(c2cncc(Cc3n[nH]c(=O)c4ccccc34)c2)c2cccnc21. The summed E-state index contributed by atoms with van der Waals surface area (Å²) in [5.74, 6) is -0.0391. The lowest BCUT2D eigenvalue weighted by molar-refractivity contribution is -0.121. The number of amides is 1. The first-order chi connectivity index (χ1) is 14.5. The van der Waals surface area contributed by atoms with E-state index in [0.717, 1.165) is 28.0 Å². The Morgan fingerprint density at radius 2 is 1.83 bits per heavy atom. The number of fused-ring (bicyclic) bond motifs is 2. The smallest absolute Gasteiger partial charge is 0.272 e. The number of nitrogens with zero attached hydrogens (tertiary/aromatic N) is 4. The van der Waals surface area contributed by atoms with Crippen LogP contribution in [0.5, 0.6) is 0 Å². The molecule has 1 amide bonds. The van der Waals surface area contributed by atoms with Gasteiger partial charge in [0.1, 0.15) is 0 Å². The van der Waals surface area contributed by atoms with Gasteiger partial charge in [-0.3, -0.25) is 24.5 Å². The third-order valence-corrected chi connectivity index (χ3v) is 5.54. The van der Waals surface area contributed by atoms with Crippen LogP contribution in [-0.2, 0) is 16.6 Å². The van der Waals surface area contributed by atoms with E-state index in [1.807, 2.05) is 50.2 Å². The van der Waals surface area contributed by atoms with E-state index < -0.39 is 5.41 Å². The van der Waals surface area contributed by atoms with Gasteiger partial charge in [0.05, 0.1) is 39.8 Å². The number of hydrogen-bond acceptors (Lipinski definition) is 5. The molecule has 30 heavy (non-hydrogen) atoms. The van der Waals surface area contributed by atoms with Crippen LogP contribution in [0.2, 0.25) is 0 Å². The second-order valence-corrected chi connectivity index (χ2v) is 7.91. The highest BCUT2D eigenvalue weighted by Gasteiger charge is 2.45. The van der Waals surface area contributed by atoms with Crippen molar-refractivity contribution in [2.75, 3.05) is 4.90 Å². The van der Waals surface area contributed by atoms with Crippen molar-refractivity contribution < 1.29 is 4.79 Å². The molecule has 0 saturated heterocycles. The molecular formula is C23H19N5O2. The van der Waals surface area contributed by atoms with Crippen LogP contribution in [0.15, 0.2) is 65.8 Å². The lowest BCUT2D eigenvalue weighted by atomic mass is 9.90. The van der Waals surface area contributed by atoms with Crippen molar-refractivity contribution in [3.63, 3.8) is 0 Å². The summed E-state index contributed by atoms with van der Waals surface area (Å²) in [6.45, 7) is 3.77. The van der Waals surface area contributed by atoms with Crippen molar-refractivity contribution in [1.29, 1.82) is 0 Å². The number of aromatic nitrogens is 4. The summed E-state index contributed by atoms with van der Waals surface area (Å²) < 4.78 is 0. The van der Waals surface area contributed by atoms with E-state index in [0.29, 0.717) is 17.5 Å². The highest BCUT2D eigenvalue weighted by molar-refractivity contribution is 6.11. The average Bonchev–Trinajstić information content (AvgIpc) is 2.96. The van der Waals surface area contributed by atoms with E-state index in [1.165, 1.54) is 0 Å². The quantitative estimate of drug-likeness (QED) is 0.573. The van der Waals surface area contributed by atoms with E-state index in [1.54, 1.807) is 29.6 Å². The number of carbonyl (C=O) groups excluding carboxylic acids is 1. The van der Waals surface area contributed by atoms with Crippen molar-refractivity contribution in [2.45, 2.75) is 25.7 Å². The minimum atomic E-state index is -0.705. The van der Waals surface area contributed by atoms with Crippen molar-refractivity contribution in [3.05, 3.63) is 88.4 Å². The number of aromatic amines is 1. The summed E-state index contributed by atoms with van der Waals surface area (Å²) in [7, 11) is 0. The number of benzene rings is 1. The number of nitrogens with one attached hydrogen (secondary N) is 1.